The second kappa shape index (κ2) is 18.1. The first-order valence-electron chi connectivity index (χ1n) is 9.42. The Morgan fingerprint density at radius 1 is 0.727 bits per heavy atom. The highest BCUT2D eigenvalue weighted by molar-refractivity contribution is 5.67. The van der Waals surface area contributed by atoms with Crippen molar-refractivity contribution < 1.29 is 9.53 Å². The van der Waals surface area contributed by atoms with Crippen LogP contribution >= 0.6 is 0 Å². The second-order valence-electron chi connectivity index (χ2n) is 6.22. The molecular weight excluding hydrogens is 272 g/mol. The van der Waals surface area contributed by atoms with E-state index in [0.717, 1.165) is 12.8 Å². The van der Waals surface area contributed by atoms with Gasteiger partial charge in [-0.25, -0.2) is 0 Å². The lowest BCUT2D eigenvalue weighted by molar-refractivity contribution is -0.134. The lowest BCUT2D eigenvalue weighted by Gasteiger charge is -2.02. The lowest BCUT2D eigenvalue weighted by atomic mass is 10.0. The average Bonchev–Trinajstić information content (AvgIpc) is 2.50. The Bertz CT molecular complexity index is 299. The number of unbranched alkanes of at least 4 members (excludes halogenated alkanes) is 14. The molecular formula is C20H36O2. The zero-order valence-electron chi connectivity index (χ0n) is 14.9. The van der Waals surface area contributed by atoms with Crippen LogP contribution in [0.5, 0.6) is 0 Å². The van der Waals surface area contributed by atoms with Crippen molar-refractivity contribution in [1.82, 2.24) is 0 Å². The monoisotopic (exact) mass is 308 g/mol. The van der Waals surface area contributed by atoms with E-state index in [1.165, 1.54) is 90.4 Å². The van der Waals surface area contributed by atoms with Crippen LogP contribution in [0.1, 0.15) is 110 Å². The molecule has 2 nitrogen and oxygen atoms in total. The minimum Gasteiger partial charge on any atom is -0.372 e. The van der Waals surface area contributed by atoms with Gasteiger partial charge in [-0.15, -0.1) is 0 Å². The van der Waals surface area contributed by atoms with Crippen molar-refractivity contribution >= 4 is 5.97 Å². The van der Waals surface area contributed by atoms with Crippen molar-refractivity contribution in [3.63, 3.8) is 0 Å². The van der Waals surface area contributed by atoms with Crippen LogP contribution in [0.3, 0.4) is 0 Å². The van der Waals surface area contributed by atoms with Crippen molar-refractivity contribution in [2.75, 3.05) is 0 Å². The van der Waals surface area contributed by atoms with Gasteiger partial charge in [0, 0.05) is 13.3 Å². The SMILES string of the molecule is CCCCCCCCCCCCCCCCC#COC(C)=O. The first-order chi connectivity index (χ1) is 10.8. The summed E-state index contributed by atoms with van der Waals surface area (Å²) in [5.74, 6) is 2.54. The Hall–Kier alpha value is -0.970. The largest absolute Gasteiger partial charge is 0.372 e. The lowest BCUT2D eigenvalue weighted by Crippen LogP contribution is -1.89. The maximum Gasteiger partial charge on any atom is 0.316 e. The number of carbonyl (C=O) groups excluding carboxylic acids is 1. The summed E-state index contributed by atoms with van der Waals surface area (Å²) >= 11 is 0. The first kappa shape index (κ1) is 21.0. The molecule has 0 rings (SSSR count). The smallest absolute Gasteiger partial charge is 0.316 e. The van der Waals surface area contributed by atoms with Gasteiger partial charge in [-0.2, -0.15) is 0 Å². The van der Waals surface area contributed by atoms with Gasteiger partial charge >= 0.3 is 5.97 Å². The fourth-order valence-electron chi connectivity index (χ4n) is 2.57. The van der Waals surface area contributed by atoms with Gasteiger partial charge in [0.05, 0.1) is 0 Å². The molecule has 0 radical (unpaired) electrons. The normalized spacial score (nSPS) is 10.1. The molecule has 0 aliphatic carbocycles. The third-order valence-corrected chi connectivity index (χ3v) is 3.92. The number of hydrogen-bond acceptors (Lipinski definition) is 2. The van der Waals surface area contributed by atoms with E-state index >= 15 is 0 Å². The van der Waals surface area contributed by atoms with Crippen LogP contribution in [-0.4, -0.2) is 5.97 Å². The fraction of sp³-hybridized carbons (Fsp3) is 0.850. The molecule has 0 aliphatic heterocycles. The zero-order valence-corrected chi connectivity index (χ0v) is 14.9. The van der Waals surface area contributed by atoms with Crippen LogP contribution in [0.4, 0.5) is 0 Å². The van der Waals surface area contributed by atoms with Crippen molar-refractivity contribution in [3.8, 4) is 12.0 Å². The average molecular weight is 309 g/mol. The summed E-state index contributed by atoms with van der Waals surface area (Å²) in [6, 6.07) is 0. The van der Waals surface area contributed by atoms with Gasteiger partial charge in [0.15, 0.2) is 0 Å². The van der Waals surface area contributed by atoms with Crippen molar-refractivity contribution in [2.45, 2.75) is 110 Å². The Morgan fingerprint density at radius 3 is 1.55 bits per heavy atom. The Kier molecular flexibility index (Phi) is 17.3. The van der Waals surface area contributed by atoms with E-state index in [1.807, 2.05) is 0 Å². The highest BCUT2D eigenvalue weighted by Gasteiger charge is 1.93. The third-order valence-electron chi connectivity index (χ3n) is 3.92. The van der Waals surface area contributed by atoms with Crippen molar-refractivity contribution in [2.24, 2.45) is 0 Å². The maximum absolute atomic E-state index is 10.5. The molecule has 0 unspecified atom stereocenters. The van der Waals surface area contributed by atoms with Gasteiger partial charge in [0.2, 0.25) is 0 Å². The summed E-state index contributed by atoms with van der Waals surface area (Å²) in [4.78, 5) is 10.5. The van der Waals surface area contributed by atoms with Gasteiger partial charge in [-0.3, -0.25) is 4.79 Å². The van der Waals surface area contributed by atoms with Crippen molar-refractivity contribution in [1.29, 1.82) is 0 Å². The van der Waals surface area contributed by atoms with Gasteiger partial charge in [-0.1, -0.05) is 96.3 Å². The van der Waals surface area contributed by atoms with Gasteiger partial charge in [-0.05, 0) is 6.42 Å². The van der Waals surface area contributed by atoms with E-state index < -0.39 is 0 Å². The highest BCUT2D eigenvalue weighted by atomic mass is 16.5. The van der Waals surface area contributed by atoms with E-state index in [2.05, 4.69) is 23.7 Å². The summed E-state index contributed by atoms with van der Waals surface area (Å²) < 4.78 is 4.56. The Morgan fingerprint density at radius 2 is 1.14 bits per heavy atom. The maximum atomic E-state index is 10.5. The molecule has 0 fully saturated rings. The van der Waals surface area contributed by atoms with Gasteiger partial charge in [0.1, 0.15) is 6.11 Å². The summed E-state index contributed by atoms with van der Waals surface area (Å²) in [6.07, 6.45) is 22.4. The van der Waals surface area contributed by atoms with Crippen LogP contribution in [-0.2, 0) is 9.53 Å². The molecule has 0 aromatic rings. The predicted molar refractivity (Wildman–Crippen MR) is 94.5 cm³/mol. The molecule has 0 saturated carbocycles. The number of carbonyl (C=O) groups is 1. The summed E-state index contributed by atoms with van der Waals surface area (Å²) in [6.45, 7) is 3.65. The molecule has 22 heavy (non-hydrogen) atoms. The van der Waals surface area contributed by atoms with E-state index in [0.29, 0.717) is 0 Å². The zero-order chi connectivity index (χ0) is 16.3. The fourth-order valence-corrected chi connectivity index (χ4v) is 2.57. The summed E-state index contributed by atoms with van der Waals surface area (Å²) in [5.41, 5.74) is 0. The molecule has 0 N–H and O–H groups in total. The van der Waals surface area contributed by atoms with Crippen LogP contribution in [0.25, 0.3) is 0 Å². The number of rotatable bonds is 14. The Labute approximate surface area is 138 Å². The molecule has 0 aromatic heterocycles. The van der Waals surface area contributed by atoms with E-state index in [9.17, 15) is 4.79 Å². The predicted octanol–water partition coefficient (Wildman–Crippen LogP) is 6.38. The number of esters is 1. The van der Waals surface area contributed by atoms with E-state index in [-0.39, 0.29) is 5.97 Å². The summed E-state index contributed by atoms with van der Waals surface area (Å²) in [5, 5.41) is 0. The first-order valence-corrected chi connectivity index (χ1v) is 9.42. The second-order valence-corrected chi connectivity index (χ2v) is 6.22. The molecule has 0 spiro atoms. The topological polar surface area (TPSA) is 26.3 Å². The number of ether oxygens (including phenoxy) is 1. The third kappa shape index (κ3) is 19.0. The minimum absolute atomic E-state index is 0.326. The standard InChI is InChI=1S/C20H36O2/c1-3-4-5-6-7-8-9-10-11-12-13-14-15-16-17-18-19-22-20(2)21/h3-17H2,1-2H3. The Balaban J connectivity index is 3.05. The quantitative estimate of drug-likeness (QED) is 0.211. The molecule has 0 amide bonds. The molecule has 0 heterocycles. The van der Waals surface area contributed by atoms with E-state index in [1.54, 1.807) is 0 Å². The molecule has 0 aliphatic rings. The summed E-state index contributed by atoms with van der Waals surface area (Å²) in [7, 11) is 0. The molecule has 0 aromatic carbocycles. The molecule has 0 saturated heterocycles. The molecule has 2 heteroatoms. The van der Waals surface area contributed by atoms with Gasteiger partial charge in [0.25, 0.3) is 0 Å². The highest BCUT2D eigenvalue weighted by Crippen LogP contribution is 2.13. The molecule has 0 atom stereocenters. The molecule has 128 valence electrons. The van der Waals surface area contributed by atoms with E-state index in [4.69, 9.17) is 0 Å². The van der Waals surface area contributed by atoms with Crippen LogP contribution in [0.2, 0.25) is 0 Å². The van der Waals surface area contributed by atoms with Crippen LogP contribution in [0, 0.1) is 12.0 Å². The molecule has 0 bridgehead atoms. The minimum atomic E-state index is -0.326. The van der Waals surface area contributed by atoms with Crippen LogP contribution in [0.15, 0.2) is 0 Å². The van der Waals surface area contributed by atoms with Crippen molar-refractivity contribution in [3.05, 3.63) is 0 Å². The van der Waals surface area contributed by atoms with Crippen LogP contribution < -0.4 is 0 Å². The van der Waals surface area contributed by atoms with Gasteiger partial charge < -0.3 is 4.74 Å². The number of hydrogen-bond donors (Lipinski definition) is 0.